The van der Waals surface area contributed by atoms with Crippen molar-refractivity contribution in [2.75, 3.05) is 6.61 Å². The summed E-state index contributed by atoms with van der Waals surface area (Å²) in [4.78, 5) is 23.9. The second-order valence-electron chi connectivity index (χ2n) is 8.38. The summed E-state index contributed by atoms with van der Waals surface area (Å²) < 4.78 is 10.4. The van der Waals surface area contributed by atoms with Crippen LogP contribution < -0.4 is 0 Å². The van der Waals surface area contributed by atoms with E-state index in [1.165, 1.54) is 0 Å². The van der Waals surface area contributed by atoms with E-state index in [0.717, 1.165) is 22.3 Å². The van der Waals surface area contributed by atoms with Crippen LogP contribution in [0.15, 0.2) is 72.8 Å². The quantitative estimate of drug-likeness (QED) is 0.326. The zero-order valence-electron chi connectivity index (χ0n) is 18.9. The first-order chi connectivity index (χ1) is 15.2. The van der Waals surface area contributed by atoms with Gasteiger partial charge in [-0.1, -0.05) is 60.7 Å². The maximum atomic E-state index is 12.1. The summed E-state index contributed by atoms with van der Waals surface area (Å²) in [6.45, 7) is 7.72. The molecule has 0 amide bonds. The Hall–Kier alpha value is -3.66. The zero-order chi connectivity index (χ0) is 23.1. The van der Waals surface area contributed by atoms with Gasteiger partial charge in [0.2, 0.25) is 0 Å². The molecular weight excluding hydrogens is 400 g/mol. The van der Waals surface area contributed by atoms with Gasteiger partial charge in [0.15, 0.2) is 0 Å². The fourth-order valence-corrected chi connectivity index (χ4v) is 3.06. The molecule has 0 spiro atoms. The van der Waals surface area contributed by atoms with Crippen LogP contribution >= 0.6 is 0 Å². The van der Waals surface area contributed by atoms with Crippen molar-refractivity contribution < 1.29 is 19.1 Å². The van der Waals surface area contributed by atoms with E-state index in [1.807, 2.05) is 81.5 Å². The first kappa shape index (κ1) is 23.0. The molecule has 0 fully saturated rings. The van der Waals surface area contributed by atoms with E-state index in [2.05, 4.69) is 0 Å². The lowest BCUT2D eigenvalue weighted by Crippen LogP contribution is -2.23. The molecule has 0 atom stereocenters. The summed E-state index contributed by atoms with van der Waals surface area (Å²) in [5, 5.41) is 0. The van der Waals surface area contributed by atoms with Crippen molar-refractivity contribution in [1.82, 2.24) is 0 Å². The molecule has 32 heavy (non-hydrogen) atoms. The van der Waals surface area contributed by atoms with E-state index < -0.39 is 5.60 Å². The smallest absolute Gasteiger partial charge is 0.338 e. The van der Waals surface area contributed by atoms with Crippen molar-refractivity contribution in [1.29, 1.82) is 0 Å². The molecule has 0 aliphatic carbocycles. The van der Waals surface area contributed by atoms with Gasteiger partial charge in [-0.15, -0.1) is 0 Å². The normalized spacial score (nSPS) is 11.4. The molecule has 4 heteroatoms. The van der Waals surface area contributed by atoms with Gasteiger partial charge >= 0.3 is 11.9 Å². The van der Waals surface area contributed by atoms with Gasteiger partial charge in [-0.05, 0) is 74.2 Å². The number of ether oxygens (including phenoxy) is 2. The standard InChI is InChI=1S/C28H28O4/c1-5-31-26(29)24-18-16-23(17-19-24)22-12-8-20(9-13-22)6-7-21-10-14-25(15-11-21)27(30)32-28(2,3)4/h6-19H,5H2,1-4H3/b7-6-. The van der Waals surface area contributed by atoms with Crippen molar-refractivity contribution in [3.8, 4) is 11.1 Å². The third-order valence-electron chi connectivity index (χ3n) is 4.65. The molecule has 0 saturated carbocycles. The van der Waals surface area contributed by atoms with Crippen molar-refractivity contribution >= 4 is 24.1 Å². The lowest BCUT2D eigenvalue weighted by molar-refractivity contribution is 0.00693. The SMILES string of the molecule is CCOC(=O)c1ccc(-c2ccc(/C=C\c3ccc(C(=O)OC(C)(C)C)cc3)cc2)cc1. The lowest BCUT2D eigenvalue weighted by atomic mass is 10.0. The molecule has 3 rings (SSSR count). The summed E-state index contributed by atoms with van der Waals surface area (Å²) >= 11 is 0. The van der Waals surface area contributed by atoms with Crippen molar-refractivity contribution in [3.63, 3.8) is 0 Å². The summed E-state index contributed by atoms with van der Waals surface area (Å²) in [6.07, 6.45) is 4.03. The molecule has 0 aliphatic heterocycles. The number of carbonyl (C=O) groups is 2. The molecule has 0 N–H and O–H groups in total. The van der Waals surface area contributed by atoms with Crippen molar-refractivity contribution in [3.05, 3.63) is 95.1 Å². The molecule has 0 unspecified atom stereocenters. The minimum atomic E-state index is -0.509. The van der Waals surface area contributed by atoms with Crippen LogP contribution in [-0.2, 0) is 9.47 Å². The van der Waals surface area contributed by atoms with Gasteiger partial charge in [0, 0.05) is 0 Å². The van der Waals surface area contributed by atoms with Crippen molar-refractivity contribution in [2.24, 2.45) is 0 Å². The van der Waals surface area contributed by atoms with Gasteiger partial charge in [0.1, 0.15) is 5.60 Å². The number of hydrogen-bond donors (Lipinski definition) is 0. The highest BCUT2D eigenvalue weighted by Crippen LogP contribution is 2.22. The van der Waals surface area contributed by atoms with E-state index >= 15 is 0 Å². The third kappa shape index (κ3) is 6.42. The van der Waals surface area contributed by atoms with E-state index in [1.54, 1.807) is 31.2 Å². The molecule has 0 radical (unpaired) electrons. The number of carbonyl (C=O) groups excluding carboxylic acids is 2. The Morgan fingerprint density at radius 1 is 0.688 bits per heavy atom. The summed E-state index contributed by atoms with van der Waals surface area (Å²) in [6, 6.07) is 22.9. The molecule has 4 nitrogen and oxygen atoms in total. The number of benzene rings is 3. The minimum absolute atomic E-state index is 0.307. The van der Waals surface area contributed by atoms with Crippen LogP contribution in [0.1, 0.15) is 59.5 Å². The van der Waals surface area contributed by atoms with Gasteiger partial charge in [0.05, 0.1) is 17.7 Å². The second kappa shape index (κ2) is 10.1. The Morgan fingerprint density at radius 2 is 1.09 bits per heavy atom. The average molecular weight is 429 g/mol. The van der Waals surface area contributed by atoms with Crippen LogP contribution in [0.2, 0.25) is 0 Å². The van der Waals surface area contributed by atoms with Crippen LogP contribution in [0.5, 0.6) is 0 Å². The number of esters is 2. The van der Waals surface area contributed by atoms with Crippen LogP contribution in [-0.4, -0.2) is 24.1 Å². The Kier molecular flexibility index (Phi) is 7.26. The Morgan fingerprint density at radius 3 is 1.56 bits per heavy atom. The highest BCUT2D eigenvalue weighted by atomic mass is 16.6. The monoisotopic (exact) mass is 428 g/mol. The van der Waals surface area contributed by atoms with Gasteiger partial charge < -0.3 is 9.47 Å². The first-order valence-corrected chi connectivity index (χ1v) is 10.6. The largest absolute Gasteiger partial charge is 0.462 e. The van der Waals surface area contributed by atoms with Crippen LogP contribution in [0.25, 0.3) is 23.3 Å². The highest BCUT2D eigenvalue weighted by Gasteiger charge is 2.17. The minimum Gasteiger partial charge on any atom is -0.462 e. The Balaban J connectivity index is 1.64. The maximum absolute atomic E-state index is 12.1. The van der Waals surface area contributed by atoms with E-state index in [0.29, 0.717) is 17.7 Å². The molecule has 0 aromatic heterocycles. The zero-order valence-corrected chi connectivity index (χ0v) is 18.9. The van der Waals surface area contributed by atoms with E-state index in [9.17, 15) is 9.59 Å². The topological polar surface area (TPSA) is 52.6 Å². The van der Waals surface area contributed by atoms with Crippen LogP contribution in [0.4, 0.5) is 0 Å². The number of rotatable bonds is 6. The second-order valence-corrected chi connectivity index (χ2v) is 8.38. The van der Waals surface area contributed by atoms with Gasteiger partial charge in [-0.2, -0.15) is 0 Å². The number of hydrogen-bond acceptors (Lipinski definition) is 4. The molecular formula is C28H28O4. The lowest BCUT2D eigenvalue weighted by Gasteiger charge is -2.19. The fourth-order valence-electron chi connectivity index (χ4n) is 3.06. The van der Waals surface area contributed by atoms with Gasteiger partial charge in [-0.3, -0.25) is 0 Å². The predicted octanol–water partition coefficient (Wildman–Crippen LogP) is 6.66. The van der Waals surface area contributed by atoms with Crippen molar-refractivity contribution in [2.45, 2.75) is 33.3 Å². The molecule has 0 bridgehead atoms. The van der Waals surface area contributed by atoms with Gasteiger partial charge in [0.25, 0.3) is 0 Å². The highest BCUT2D eigenvalue weighted by molar-refractivity contribution is 5.90. The molecule has 164 valence electrons. The van der Waals surface area contributed by atoms with E-state index in [-0.39, 0.29) is 11.9 Å². The molecule has 3 aromatic carbocycles. The summed E-state index contributed by atoms with van der Waals surface area (Å²) in [7, 11) is 0. The fraction of sp³-hybridized carbons (Fsp3) is 0.214. The first-order valence-electron chi connectivity index (χ1n) is 10.6. The third-order valence-corrected chi connectivity index (χ3v) is 4.65. The Labute approximate surface area is 189 Å². The molecule has 3 aromatic rings. The predicted molar refractivity (Wildman–Crippen MR) is 128 cm³/mol. The molecule has 0 saturated heterocycles. The maximum Gasteiger partial charge on any atom is 0.338 e. The Bertz CT molecular complexity index is 1080. The summed E-state index contributed by atoms with van der Waals surface area (Å²) in [5.74, 6) is -0.627. The molecule has 0 aliphatic rings. The molecule has 0 heterocycles. The average Bonchev–Trinajstić information content (AvgIpc) is 2.77. The van der Waals surface area contributed by atoms with Crippen LogP contribution in [0, 0.1) is 0 Å². The van der Waals surface area contributed by atoms with Gasteiger partial charge in [-0.25, -0.2) is 9.59 Å². The van der Waals surface area contributed by atoms with Crippen LogP contribution in [0.3, 0.4) is 0 Å². The summed E-state index contributed by atoms with van der Waals surface area (Å²) in [5.41, 5.74) is 4.74. The van der Waals surface area contributed by atoms with E-state index in [4.69, 9.17) is 9.47 Å².